The van der Waals surface area contributed by atoms with Gasteiger partial charge in [0.2, 0.25) is 0 Å². The molecule has 7 heavy (non-hydrogen) atoms. The molecular weight excluding hydrogens is 222 g/mol. The van der Waals surface area contributed by atoms with E-state index in [1.54, 1.807) is 6.21 Å². The molecule has 0 bridgehead atoms. The summed E-state index contributed by atoms with van der Waals surface area (Å²) < 4.78 is 2.19. The fraction of sp³-hybridized carbons (Fsp3) is 0.250. The molecule has 0 N–H and O–H groups in total. The van der Waals surface area contributed by atoms with Crippen LogP contribution in [0.3, 0.4) is 0 Å². The molecule has 0 atom stereocenters. The van der Waals surface area contributed by atoms with Crippen molar-refractivity contribution in [2.45, 2.75) is 0 Å². The molecular formula is C4H3Br2N. The number of allylic oxidation sites excluding steroid dienone is 1. The summed E-state index contributed by atoms with van der Waals surface area (Å²) in [5.41, 5.74) is 0. The highest BCUT2D eigenvalue weighted by Gasteiger charge is 2.01. The Morgan fingerprint density at radius 3 is 2.43 bits per heavy atom. The molecule has 0 fully saturated rings. The second kappa shape index (κ2) is 2.09. The summed E-state index contributed by atoms with van der Waals surface area (Å²) in [7, 11) is 0. The summed E-state index contributed by atoms with van der Waals surface area (Å²) in [6.07, 6.45) is 1.80. The monoisotopic (exact) mass is 223 g/mol. The third kappa shape index (κ3) is 1.13. The molecule has 0 saturated heterocycles. The van der Waals surface area contributed by atoms with Gasteiger partial charge < -0.3 is 0 Å². The highest BCUT2D eigenvalue weighted by atomic mass is 79.9. The molecule has 0 amide bonds. The second-order valence-electron chi connectivity index (χ2n) is 1.22. The minimum absolute atomic E-state index is 0.792. The fourth-order valence-electron chi connectivity index (χ4n) is 0.352. The van der Waals surface area contributed by atoms with Gasteiger partial charge in [0.25, 0.3) is 0 Å². The van der Waals surface area contributed by atoms with Crippen molar-refractivity contribution in [2.24, 2.45) is 4.99 Å². The van der Waals surface area contributed by atoms with Crippen molar-refractivity contribution < 1.29 is 0 Å². The van der Waals surface area contributed by atoms with Gasteiger partial charge in [-0.3, -0.25) is 4.99 Å². The number of aliphatic imine (C=N–C) groups is 1. The molecule has 38 valence electrons. The van der Waals surface area contributed by atoms with E-state index in [2.05, 4.69) is 36.9 Å². The lowest BCUT2D eigenvalue weighted by molar-refractivity contribution is 1.28. The molecule has 0 spiro atoms. The number of halogens is 2. The minimum Gasteiger partial charge on any atom is -0.287 e. The lowest BCUT2D eigenvalue weighted by atomic mass is 10.6. The first kappa shape index (κ1) is 5.51. The Labute approximate surface area is 58.8 Å². The maximum Gasteiger partial charge on any atom is 0.0717 e. The standard InChI is InChI=1S/C4H3Br2N/c5-3-1-7-2-4(3)6/h1H,2H2. The molecule has 0 radical (unpaired) electrons. The summed E-state index contributed by atoms with van der Waals surface area (Å²) in [6, 6.07) is 0. The Kier molecular flexibility index (Phi) is 1.65. The molecule has 0 aromatic rings. The predicted octanol–water partition coefficient (Wildman–Crippen LogP) is 2.07. The molecule has 0 aliphatic carbocycles. The van der Waals surface area contributed by atoms with Crippen molar-refractivity contribution in [1.82, 2.24) is 0 Å². The van der Waals surface area contributed by atoms with Crippen LogP contribution in [0.25, 0.3) is 0 Å². The van der Waals surface area contributed by atoms with Crippen LogP contribution in [0.4, 0.5) is 0 Å². The Morgan fingerprint density at radius 2 is 2.29 bits per heavy atom. The highest BCUT2D eigenvalue weighted by molar-refractivity contribution is 9.14. The van der Waals surface area contributed by atoms with Crippen LogP contribution in [0.15, 0.2) is 14.0 Å². The molecule has 1 nitrogen and oxygen atoms in total. The van der Waals surface area contributed by atoms with Crippen molar-refractivity contribution in [3.05, 3.63) is 8.96 Å². The van der Waals surface area contributed by atoms with E-state index in [1.807, 2.05) is 0 Å². The van der Waals surface area contributed by atoms with Crippen molar-refractivity contribution in [3.8, 4) is 0 Å². The number of nitrogens with zero attached hydrogens (tertiary/aromatic N) is 1. The van der Waals surface area contributed by atoms with E-state index in [1.165, 1.54) is 0 Å². The van der Waals surface area contributed by atoms with E-state index in [0.717, 1.165) is 15.5 Å². The van der Waals surface area contributed by atoms with Gasteiger partial charge in [0.05, 0.1) is 6.54 Å². The summed E-state index contributed by atoms with van der Waals surface area (Å²) in [6.45, 7) is 0.792. The fourth-order valence-corrected chi connectivity index (χ4v) is 0.869. The molecule has 1 aliphatic heterocycles. The van der Waals surface area contributed by atoms with E-state index >= 15 is 0 Å². The summed E-state index contributed by atoms with van der Waals surface area (Å²) in [4.78, 5) is 3.95. The number of hydrogen-bond donors (Lipinski definition) is 0. The summed E-state index contributed by atoms with van der Waals surface area (Å²) in [5.74, 6) is 0. The van der Waals surface area contributed by atoms with Gasteiger partial charge in [0.1, 0.15) is 0 Å². The zero-order valence-corrected chi connectivity index (χ0v) is 6.66. The topological polar surface area (TPSA) is 12.4 Å². The molecule has 1 aliphatic rings. The minimum atomic E-state index is 0.792. The van der Waals surface area contributed by atoms with Gasteiger partial charge >= 0.3 is 0 Å². The zero-order chi connectivity index (χ0) is 5.28. The third-order valence-electron chi connectivity index (χ3n) is 0.694. The van der Waals surface area contributed by atoms with Gasteiger partial charge in [0, 0.05) is 15.2 Å². The quantitative estimate of drug-likeness (QED) is 0.598. The largest absolute Gasteiger partial charge is 0.287 e. The number of hydrogen-bond acceptors (Lipinski definition) is 1. The Morgan fingerprint density at radius 1 is 1.57 bits per heavy atom. The van der Waals surface area contributed by atoms with Crippen LogP contribution in [-0.4, -0.2) is 12.8 Å². The van der Waals surface area contributed by atoms with Gasteiger partial charge in [-0.05, 0) is 15.9 Å². The van der Waals surface area contributed by atoms with E-state index in [4.69, 9.17) is 0 Å². The Bertz CT molecular complexity index is 137. The van der Waals surface area contributed by atoms with Crippen molar-refractivity contribution in [1.29, 1.82) is 0 Å². The molecule has 0 aromatic carbocycles. The SMILES string of the molecule is BrC1=C(Br)CN=C1. The molecule has 1 heterocycles. The smallest absolute Gasteiger partial charge is 0.0717 e. The summed E-state index contributed by atoms with van der Waals surface area (Å²) >= 11 is 6.60. The molecule has 1 rings (SSSR count). The second-order valence-corrected chi connectivity index (χ2v) is 3.03. The third-order valence-corrected chi connectivity index (χ3v) is 2.59. The van der Waals surface area contributed by atoms with E-state index < -0.39 is 0 Å². The molecule has 0 aromatic heterocycles. The van der Waals surface area contributed by atoms with E-state index in [-0.39, 0.29) is 0 Å². The van der Waals surface area contributed by atoms with Gasteiger partial charge in [-0.2, -0.15) is 0 Å². The van der Waals surface area contributed by atoms with E-state index in [0.29, 0.717) is 0 Å². The highest BCUT2D eigenvalue weighted by Crippen LogP contribution is 2.20. The van der Waals surface area contributed by atoms with Crippen LogP contribution >= 0.6 is 31.9 Å². The van der Waals surface area contributed by atoms with E-state index in [9.17, 15) is 0 Å². The van der Waals surface area contributed by atoms with Crippen molar-refractivity contribution >= 4 is 38.1 Å². The lowest BCUT2D eigenvalue weighted by Crippen LogP contribution is -1.68. The molecule has 0 unspecified atom stereocenters. The zero-order valence-electron chi connectivity index (χ0n) is 3.49. The summed E-state index contributed by atoms with van der Waals surface area (Å²) in [5, 5.41) is 0. The van der Waals surface area contributed by atoms with Crippen molar-refractivity contribution in [2.75, 3.05) is 6.54 Å². The normalized spacial score (nSPS) is 19.1. The van der Waals surface area contributed by atoms with Crippen LogP contribution in [0.2, 0.25) is 0 Å². The van der Waals surface area contributed by atoms with Crippen LogP contribution in [0.1, 0.15) is 0 Å². The van der Waals surface area contributed by atoms with Gasteiger partial charge in [-0.15, -0.1) is 0 Å². The van der Waals surface area contributed by atoms with Gasteiger partial charge in [0.15, 0.2) is 0 Å². The average Bonchev–Trinajstić information content (AvgIpc) is 1.91. The maximum absolute atomic E-state index is 3.95. The van der Waals surface area contributed by atoms with Gasteiger partial charge in [-0.1, -0.05) is 15.9 Å². The first-order valence-electron chi connectivity index (χ1n) is 1.84. The van der Waals surface area contributed by atoms with Crippen LogP contribution in [0, 0.1) is 0 Å². The Balaban J connectivity index is 2.79. The van der Waals surface area contributed by atoms with Crippen molar-refractivity contribution in [3.63, 3.8) is 0 Å². The van der Waals surface area contributed by atoms with Crippen LogP contribution < -0.4 is 0 Å². The lowest BCUT2D eigenvalue weighted by Gasteiger charge is -1.80. The first-order chi connectivity index (χ1) is 3.30. The van der Waals surface area contributed by atoms with Gasteiger partial charge in [-0.25, -0.2) is 0 Å². The molecule has 3 heteroatoms. The number of rotatable bonds is 0. The average molecular weight is 225 g/mol. The van der Waals surface area contributed by atoms with Crippen LogP contribution in [-0.2, 0) is 0 Å². The molecule has 0 saturated carbocycles. The Hall–Kier alpha value is 0.370. The van der Waals surface area contributed by atoms with Crippen LogP contribution in [0.5, 0.6) is 0 Å². The first-order valence-corrected chi connectivity index (χ1v) is 3.43. The predicted molar refractivity (Wildman–Crippen MR) is 38.2 cm³/mol. The maximum atomic E-state index is 3.95.